The van der Waals surface area contributed by atoms with Crippen LogP contribution in [0.15, 0.2) is 36.4 Å². The Hall–Kier alpha value is -3.02. The summed E-state index contributed by atoms with van der Waals surface area (Å²) in [5.74, 6) is -1.09. The van der Waals surface area contributed by atoms with Crippen molar-refractivity contribution in [2.24, 2.45) is 0 Å². The third kappa shape index (κ3) is 4.09. The second kappa shape index (κ2) is 7.25. The molecule has 2 aromatic carbocycles. The van der Waals surface area contributed by atoms with Crippen molar-refractivity contribution in [2.45, 2.75) is 33.8 Å². The number of ether oxygens (including phenoxy) is 1. The van der Waals surface area contributed by atoms with Crippen LogP contribution in [-0.2, 0) is 4.74 Å². The Morgan fingerprint density at radius 2 is 1.56 bits per heavy atom. The van der Waals surface area contributed by atoms with Crippen molar-refractivity contribution in [1.29, 1.82) is 0 Å². The van der Waals surface area contributed by atoms with Crippen LogP contribution in [0.3, 0.4) is 0 Å². The number of nitrogens with zero attached hydrogens (tertiary/aromatic N) is 1. The molecule has 0 saturated carbocycles. The van der Waals surface area contributed by atoms with Crippen molar-refractivity contribution in [3.8, 4) is 0 Å². The van der Waals surface area contributed by atoms with E-state index in [0.717, 1.165) is 17.2 Å². The van der Waals surface area contributed by atoms with Crippen LogP contribution in [0.1, 0.15) is 44.3 Å². The first kappa shape index (κ1) is 18.3. The predicted octanol–water partition coefficient (Wildman–Crippen LogP) is 3.95. The summed E-state index contributed by atoms with van der Waals surface area (Å²) in [6.45, 7) is 6.91. The molecule has 0 aromatic heterocycles. The summed E-state index contributed by atoms with van der Waals surface area (Å²) < 4.78 is 5.19. The highest BCUT2D eigenvalue weighted by Crippen LogP contribution is 2.20. The van der Waals surface area contributed by atoms with Crippen molar-refractivity contribution in [1.82, 2.24) is 0 Å². The third-order valence-electron chi connectivity index (χ3n) is 4.09. The second-order valence-corrected chi connectivity index (χ2v) is 5.97. The zero-order valence-electron chi connectivity index (χ0n) is 14.5. The van der Waals surface area contributed by atoms with Gasteiger partial charge in [-0.25, -0.2) is 4.79 Å². The topological polar surface area (TPSA) is 86.5 Å². The molecule has 0 aliphatic rings. The normalized spacial score (nSPS) is 11.7. The average molecular weight is 341 g/mol. The molecule has 0 spiro atoms. The Labute approximate surface area is 145 Å². The van der Waals surface area contributed by atoms with Gasteiger partial charge in [0, 0.05) is 17.2 Å². The number of carbonyl (C=O) groups excluding carboxylic acids is 2. The SMILES string of the molecule is Cc1ccc(C(=O)C(C)OC(=O)c2ccc(C)c([N+](=O)[O-])c2)cc1C. The fourth-order valence-corrected chi connectivity index (χ4v) is 2.34. The second-order valence-electron chi connectivity index (χ2n) is 5.97. The van der Waals surface area contributed by atoms with Crippen LogP contribution >= 0.6 is 0 Å². The van der Waals surface area contributed by atoms with E-state index < -0.39 is 17.0 Å². The molecule has 130 valence electrons. The summed E-state index contributed by atoms with van der Waals surface area (Å²) in [5.41, 5.74) is 2.81. The Kier molecular flexibility index (Phi) is 5.32. The fraction of sp³-hybridized carbons (Fsp3) is 0.263. The Morgan fingerprint density at radius 1 is 0.960 bits per heavy atom. The number of aryl methyl sites for hydroxylation is 3. The first-order valence-corrected chi connectivity index (χ1v) is 7.78. The summed E-state index contributed by atoms with van der Waals surface area (Å²) >= 11 is 0. The van der Waals surface area contributed by atoms with Crippen LogP contribution in [0, 0.1) is 30.9 Å². The van der Waals surface area contributed by atoms with Gasteiger partial charge in [-0.1, -0.05) is 18.2 Å². The van der Waals surface area contributed by atoms with Crippen molar-refractivity contribution in [3.05, 3.63) is 74.3 Å². The van der Waals surface area contributed by atoms with Crippen molar-refractivity contribution in [2.75, 3.05) is 0 Å². The van der Waals surface area contributed by atoms with E-state index in [1.54, 1.807) is 19.1 Å². The number of nitro groups is 1. The van der Waals surface area contributed by atoms with E-state index in [2.05, 4.69) is 0 Å². The molecule has 0 heterocycles. The molecule has 0 amide bonds. The molecule has 0 N–H and O–H groups in total. The standard InChI is InChI=1S/C19H19NO5/c1-11-5-7-15(9-13(11)3)18(21)14(4)25-19(22)16-8-6-12(2)17(10-16)20(23)24/h5-10,14H,1-4H3. The maximum absolute atomic E-state index is 12.4. The lowest BCUT2D eigenvalue weighted by molar-refractivity contribution is -0.385. The Morgan fingerprint density at radius 3 is 2.16 bits per heavy atom. The Bertz CT molecular complexity index is 857. The maximum Gasteiger partial charge on any atom is 0.339 e. The quantitative estimate of drug-likeness (QED) is 0.356. The molecule has 0 fully saturated rings. The molecular formula is C19H19NO5. The minimum absolute atomic E-state index is 0.0389. The van der Waals surface area contributed by atoms with Gasteiger partial charge in [0.05, 0.1) is 10.5 Å². The van der Waals surface area contributed by atoms with E-state index in [1.807, 2.05) is 19.9 Å². The van der Waals surface area contributed by atoms with Crippen molar-refractivity contribution in [3.63, 3.8) is 0 Å². The molecule has 2 rings (SSSR count). The first-order valence-electron chi connectivity index (χ1n) is 7.78. The number of benzene rings is 2. The largest absolute Gasteiger partial charge is 0.451 e. The van der Waals surface area contributed by atoms with E-state index in [9.17, 15) is 19.7 Å². The van der Waals surface area contributed by atoms with Crippen molar-refractivity contribution < 1.29 is 19.2 Å². The summed E-state index contributed by atoms with van der Waals surface area (Å²) in [6, 6.07) is 9.35. The highest BCUT2D eigenvalue weighted by atomic mass is 16.6. The van der Waals surface area contributed by atoms with Crippen LogP contribution in [-0.4, -0.2) is 22.8 Å². The van der Waals surface area contributed by atoms with E-state index >= 15 is 0 Å². The predicted molar refractivity (Wildman–Crippen MR) is 93.0 cm³/mol. The number of carbonyl (C=O) groups is 2. The number of rotatable bonds is 5. The number of hydrogen-bond donors (Lipinski definition) is 0. The molecule has 6 heteroatoms. The van der Waals surface area contributed by atoms with Crippen LogP contribution < -0.4 is 0 Å². The van der Waals surface area contributed by atoms with Gasteiger partial charge >= 0.3 is 5.97 Å². The summed E-state index contributed by atoms with van der Waals surface area (Å²) in [5, 5.41) is 11.0. The molecular weight excluding hydrogens is 322 g/mol. The fourth-order valence-electron chi connectivity index (χ4n) is 2.34. The van der Waals surface area contributed by atoms with Crippen LogP contribution in [0.5, 0.6) is 0 Å². The van der Waals surface area contributed by atoms with Gasteiger partial charge in [-0.05, 0) is 51.0 Å². The summed E-state index contributed by atoms with van der Waals surface area (Å²) in [4.78, 5) is 35.0. The molecule has 0 bridgehead atoms. The number of nitro benzene ring substituents is 1. The maximum atomic E-state index is 12.4. The van der Waals surface area contributed by atoms with Gasteiger partial charge < -0.3 is 4.74 Å². The lowest BCUT2D eigenvalue weighted by atomic mass is 10.0. The molecule has 0 aliphatic carbocycles. The average Bonchev–Trinajstić information content (AvgIpc) is 2.56. The van der Waals surface area contributed by atoms with Gasteiger partial charge in [-0.3, -0.25) is 14.9 Å². The minimum Gasteiger partial charge on any atom is -0.451 e. The minimum atomic E-state index is -0.991. The van der Waals surface area contributed by atoms with Crippen LogP contribution in [0.2, 0.25) is 0 Å². The van der Waals surface area contributed by atoms with Gasteiger partial charge in [-0.15, -0.1) is 0 Å². The molecule has 1 unspecified atom stereocenters. The van der Waals surface area contributed by atoms with E-state index in [0.29, 0.717) is 11.1 Å². The van der Waals surface area contributed by atoms with E-state index in [-0.39, 0.29) is 17.0 Å². The molecule has 1 atom stereocenters. The van der Waals surface area contributed by atoms with Gasteiger partial charge in [0.15, 0.2) is 6.10 Å². The zero-order chi connectivity index (χ0) is 18.7. The number of Topliss-reactive ketones (excluding diaryl/α,β-unsaturated/α-hetero) is 1. The number of esters is 1. The first-order chi connectivity index (χ1) is 11.7. The summed E-state index contributed by atoms with van der Waals surface area (Å²) in [7, 11) is 0. The van der Waals surface area contributed by atoms with E-state index in [1.165, 1.54) is 19.1 Å². The highest BCUT2D eigenvalue weighted by molar-refractivity contribution is 6.01. The van der Waals surface area contributed by atoms with Gasteiger partial charge in [0.25, 0.3) is 5.69 Å². The molecule has 0 radical (unpaired) electrons. The lowest BCUT2D eigenvalue weighted by Crippen LogP contribution is -2.24. The molecule has 25 heavy (non-hydrogen) atoms. The smallest absolute Gasteiger partial charge is 0.339 e. The third-order valence-corrected chi connectivity index (χ3v) is 4.09. The van der Waals surface area contributed by atoms with Gasteiger partial charge in [0.1, 0.15) is 0 Å². The lowest BCUT2D eigenvalue weighted by Gasteiger charge is -2.13. The molecule has 2 aromatic rings. The molecule has 0 aliphatic heterocycles. The monoisotopic (exact) mass is 341 g/mol. The number of ketones is 1. The van der Waals surface area contributed by atoms with E-state index in [4.69, 9.17) is 4.74 Å². The van der Waals surface area contributed by atoms with Gasteiger partial charge in [0.2, 0.25) is 5.78 Å². The summed E-state index contributed by atoms with van der Waals surface area (Å²) in [6.07, 6.45) is -0.991. The zero-order valence-corrected chi connectivity index (χ0v) is 14.5. The van der Waals surface area contributed by atoms with Crippen LogP contribution in [0.25, 0.3) is 0 Å². The molecule has 0 saturated heterocycles. The molecule has 6 nitrogen and oxygen atoms in total. The van der Waals surface area contributed by atoms with Crippen molar-refractivity contribution >= 4 is 17.4 Å². The highest BCUT2D eigenvalue weighted by Gasteiger charge is 2.22. The van der Waals surface area contributed by atoms with Crippen LogP contribution in [0.4, 0.5) is 5.69 Å². The number of hydrogen-bond acceptors (Lipinski definition) is 5. The van der Waals surface area contributed by atoms with Gasteiger partial charge in [-0.2, -0.15) is 0 Å². The Balaban J connectivity index is 2.16.